The predicted molar refractivity (Wildman–Crippen MR) is 37.4 cm³/mol. The topological polar surface area (TPSA) is 49.3 Å². The van der Waals surface area contributed by atoms with E-state index in [1.54, 1.807) is 0 Å². The summed E-state index contributed by atoms with van der Waals surface area (Å²) in [6, 6.07) is 0. The highest BCUT2D eigenvalue weighted by atomic mass is 16.3. The molecule has 0 heterocycles. The molecule has 1 amide bonds. The number of aliphatic hydroxyl groups excluding tert-OH is 1. The molecule has 0 saturated heterocycles. The lowest BCUT2D eigenvalue weighted by Gasteiger charge is -2.32. The Morgan fingerprint density at radius 3 is 2.70 bits per heavy atom. The number of aliphatic hydroxyl groups is 1. The first-order valence-corrected chi connectivity index (χ1v) is 3.62. The van der Waals surface area contributed by atoms with Gasteiger partial charge in [0, 0.05) is 19.4 Å². The number of nitrogens with one attached hydrogen (secondary N) is 1. The Balaban J connectivity index is 2.08. The molecule has 0 radical (unpaired) electrons. The Hall–Kier alpha value is -0.570. The smallest absolute Gasteiger partial charge is 0.216 e. The molecule has 0 bridgehead atoms. The lowest BCUT2D eigenvalue weighted by Crippen LogP contribution is -2.40. The third-order valence-corrected chi connectivity index (χ3v) is 1.99. The van der Waals surface area contributed by atoms with Gasteiger partial charge in [0.25, 0.3) is 0 Å². The fraction of sp³-hybridized carbons (Fsp3) is 0.857. The SMILES string of the molecule is CC(=O)NCC1CCC1O. The summed E-state index contributed by atoms with van der Waals surface area (Å²) < 4.78 is 0. The van der Waals surface area contributed by atoms with Crippen LogP contribution in [0.1, 0.15) is 19.8 Å². The van der Waals surface area contributed by atoms with Gasteiger partial charge in [-0.15, -0.1) is 0 Å². The third-order valence-electron chi connectivity index (χ3n) is 1.99. The van der Waals surface area contributed by atoms with Gasteiger partial charge in [-0.1, -0.05) is 0 Å². The Morgan fingerprint density at radius 1 is 1.70 bits per heavy atom. The van der Waals surface area contributed by atoms with Crippen molar-refractivity contribution in [1.29, 1.82) is 0 Å². The zero-order valence-electron chi connectivity index (χ0n) is 6.13. The van der Waals surface area contributed by atoms with Crippen LogP contribution in [0.2, 0.25) is 0 Å². The number of rotatable bonds is 2. The van der Waals surface area contributed by atoms with E-state index in [1.807, 2.05) is 0 Å². The van der Waals surface area contributed by atoms with Gasteiger partial charge in [-0.2, -0.15) is 0 Å². The van der Waals surface area contributed by atoms with Crippen LogP contribution in [0.5, 0.6) is 0 Å². The fourth-order valence-electron chi connectivity index (χ4n) is 1.06. The van der Waals surface area contributed by atoms with Crippen molar-refractivity contribution in [2.24, 2.45) is 5.92 Å². The zero-order chi connectivity index (χ0) is 7.56. The second-order valence-corrected chi connectivity index (χ2v) is 2.84. The molecule has 0 spiro atoms. The molecule has 1 aliphatic rings. The van der Waals surface area contributed by atoms with Crippen LogP contribution >= 0.6 is 0 Å². The molecule has 0 aliphatic heterocycles. The standard InChI is InChI=1S/C7H13NO2/c1-5(9)8-4-6-2-3-7(6)10/h6-7,10H,2-4H2,1H3,(H,8,9). The number of hydrogen-bond acceptors (Lipinski definition) is 2. The Bertz CT molecular complexity index is 136. The average Bonchev–Trinajstić information content (AvgIpc) is 1.84. The maximum Gasteiger partial charge on any atom is 0.216 e. The third kappa shape index (κ3) is 1.70. The van der Waals surface area contributed by atoms with Gasteiger partial charge in [0.15, 0.2) is 0 Å². The van der Waals surface area contributed by atoms with Crippen LogP contribution in [0.4, 0.5) is 0 Å². The Morgan fingerprint density at radius 2 is 2.40 bits per heavy atom. The van der Waals surface area contributed by atoms with E-state index < -0.39 is 0 Å². The zero-order valence-corrected chi connectivity index (χ0v) is 6.13. The minimum Gasteiger partial charge on any atom is -0.393 e. The minimum absolute atomic E-state index is 0.0147. The molecule has 0 aromatic carbocycles. The molecule has 10 heavy (non-hydrogen) atoms. The van der Waals surface area contributed by atoms with Crippen molar-refractivity contribution in [2.75, 3.05) is 6.54 Å². The summed E-state index contributed by atoms with van der Waals surface area (Å²) in [5.74, 6) is 0.294. The van der Waals surface area contributed by atoms with E-state index in [0.29, 0.717) is 12.5 Å². The normalized spacial score (nSPS) is 31.0. The van der Waals surface area contributed by atoms with E-state index in [-0.39, 0.29) is 12.0 Å². The van der Waals surface area contributed by atoms with Crippen LogP contribution in [-0.4, -0.2) is 23.7 Å². The van der Waals surface area contributed by atoms with Crippen LogP contribution in [0, 0.1) is 5.92 Å². The van der Waals surface area contributed by atoms with Crippen LogP contribution in [-0.2, 0) is 4.79 Å². The molecule has 2 atom stereocenters. The first kappa shape index (κ1) is 7.54. The second kappa shape index (κ2) is 3.01. The molecule has 58 valence electrons. The van der Waals surface area contributed by atoms with E-state index in [9.17, 15) is 4.79 Å². The van der Waals surface area contributed by atoms with Crippen LogP contribution < -0.4 is 5.32 Å². The molecule has 2 N–H and O–H groups in total. The average molecular weight is 143 g/mol. The largest absolute Gasteiger partial charge is 0.393 e. The van der Waals surface area contributed by atoms with E-state index in [2.05, 4.69) is 5.32 Å². The molecule has 2 unspecified atom stereocenters. The summed E-state index contributed by atoms with van der Waals surface area (Å²) in [5.41, 5.74) is 0. The van der Waals surface area contributed by atoms with Crippen molar-refractivity contribution in [2.45, 2.75) is 25.9 Å². The van der Waals surface area contributed by atoms with Gasteiger partial charge in [-0.05, 0) is 12.8 Å². The summed E-state index contributed by atoms with van der Waals surface area (Å²) in [6.45, 7) is 2.13. The van der Waals surface area contributed by atoms with E-state index in [0.717, 1.165) is 12.8 Å². The van der Waals surface area contributed by atoms with Crippen LogP contribution in [0.3, 0.4) is 0 Å². The van der Waals surface area contributed by atoms with Crippen molar-refractivity contribution >= 4 is 5.91 Å². The Labute approximate surface area is 60.4 Å². The number of carbonyl (C=O) groups excluding carboxylic acids is 1. The summed E-state index contributed by atoms with van der Waals surface area (Å²) in [4.78, 5) is 10.4. The van der Waals surface area contributed by atoms with Gasteiger partial charge in [0.1, 0.15) is 0 Å². The number of hydrogen-bond donors (Lipinski definition) is 2. The van der Waals surface area contributed by atoms with E-state index in [1.165, 1.54) is 6.92 Å². The van der Waals surface area contributed by atoms with Gasteiger partial charge in [0.05, 0.1) is 6.10 Å². The van der Waals surface area contributed by atoms with Gasteiger partial charge in [0.2, 0.25) is 5.91 Å². The highest BCUT2D eigenvalue weighted by Gasteiger charge is 2.28. The summed E-state index contributed by atoms with van der Waals surface area (Å²) >= 11 is 0. The monoisotopic (exact) mass is 143 g/mol. The minimum atomic E-state index is -0.174. The summed E-state index contributed by atoms with van der Waals surface area (Å²) in [5, 5.41) is 11.7. The molecule has 1 saturated carbocycles. The first-order valence-electron chi connectivity index (χ1n) is 3.62. The van der Waals surface area contributed by atoms with E-state index >= 15 is 0 Å². The molecule has 0 aromatic rings. The highest BCUT2D eigenvalue weighted by molar-refractivity contribution is 5.72. The van der Waals surface area contributed by atoms with Crippen LogP contribution in [0.25, 0.3) is 0 Å². The summed E-state index contributed by atoms with van der Waals surface area (Å²) in [6.07, 6.45) is 1.76. The fourth-order valence-corrected chi connectivity index (χ4v) is 1.06. The summed E-state index contributed by atoms with van der Waals surface area (Å²) in [7, 11) is 0. The van der Waals surface area contributed by atoms with E-state index in [4.69, 9.17) is 5.11 Å². The molecular formula is C7H13NO2. The van der Waals surface area contributed by atoms with Crippen molar-refractivity contribution in [3.63, 3.8) is 0 Å². The lowest BCUT2D eigenvalue weighted by atomic mass is 9.82. The highest BCUT2D eigenvalue weighted by Crippen LogP contribution is 2.25. The lowest BCUT2D eigenvalue weighted by molar-refractivity contribution is -0.119. The van der Waals surface area contributed by atoms with Crippen molar-refractivity contribution in [3.05, 3.63) is 0 Å². The van der Waals surface area contributed by atoms with Gasteiger partial charge in [-0.3, -0.25) is 4.79 Å². The molecule has 1 rings (SSSR count). The quantitative estimate of drug-likeness (QED) is 0.566. The Kier molecular flexibility index (Phi) is 2.27. The molecule has 1 fully saturated rings. The van der Waals surface area contributed by atoms with Crippen molar-refractivity contribution < 1.29 is 9.90 Å². The molecule has 3 nitrogen and oxygen atoms in total. The van der Waals surface area contributed by atoms with Crippen LogP contribution in [0.15, 0.2) is 0 Å². The maximum absolute atomic E-state index is 10.4. The van der Waals surface area contributed by atoms with Gasteiger partial charge in [-0.25, -0.2) is 0 Å². The molecule has 1 aliphatic carbocycles. The first-order chi connectivity index (χ1) is 4.70. The maximum atomic E-state index is 10.4. The molecular weight excluding hydrogens is 130 g/mol. The molecule has 0 aromatic heterocycles. The van der Waals surface area contributed by atoms with Gasteiger partial charge >= 0.3 is 0 Å². The second-order valence-electron chi connectivity index (χ2n) is 2.84. The number of amides is 1. The van der Waals surface area contributed by atoms with Crippen molar-refractivity contribution in [3.8, 4) is 0 Å². The predicted octanol–water partition coefficient (Wildman–Crippen LogP) is -0.107. The van der Waals surface area contributed by atoms with Crippen molar-refractivity contribution in [1.82, 2.24) is 5.32 Å². The van der Waals surface area contributed by atoms with Gasteiger partial charge < -0.3 is 10.4 Å². The molecule has 3 heteroatoms. The number of carbonyl (C=O) groups is 1.